The van der Waals surface area contributed by atoms with Crippen LogP contribution in [0.2, 0.25) is 0 Å². The van der Waals surface area contributed by atoms with E-state index in [0.29, 0.717) is 5.56 Å². The molecule has 94 valence electrons. The highest BCUT2D eigenvalue weighted by Crippen LogP contribution is 2.26. The highest BCUT2D eigenvalue weighted by Gasteiger charge is 2.10. The summed E-state index contributed by atoms with van der Waals surface area (Å²) in [4.78, 5) is 11.0. The van der Waals surface area contributed by atoms with Gasteiger partial charge in [0.2, 0.25) is 5.91 Å². The molecule has 1 rings (SSSR count). The molecule has 1 aromatic carbocycles. The number of halogens is 1. The molecular formula is C12H16FNO3. The van der Waals surface area contributed by atoms with Crippen LogP contribution in [0.25, 0.3) is 0 Å². The van der Waals surface area contributed by atoms with Gasteiger partial charge in [0.25, 0.3) is 0 Å². The smallest absolute Gasteiger partial charge is 0.223 e. The number of aliphatic hydroxyl groups excluding tert-OH is 1. The van der Waals surface area contributed by atoms with Gasteiger partial charge in [0.1, 0.15) is 11.6 Å². The summed E-state index contributed by atoms with van der Waals surface area (Å²) < 4.78 is 18.3. The number of ether oxygens (including phenoxy) is 1. The van der Waals surface area contributed by atoms with Crippen molar-refractivity contribution in [1.82, 2.24) is 5.32 Å². The number of rotatable bonds is 5. The lowest BCUT2D eigenvalue weighted by Crippen LogP contribution is -2.20. The predicted octanol–water partition coefficient (Wildman–Crippen LogP) is 1.39. The monoisotopic (exact) mass is 241 g/mol. The SMILES string of the molecule is CNC(=O)CCOc1cc(F)ccc1[C@H](C)O. The van der Waals surface area contributed by atoms with Crippen molar-refractivity contribution < 1.29 is 19.0 Å². The third-order valence-electron chi connectivity index (χ3n) is 2.29. The largest absolute Gasteiger partial charge is 0.493 e. The maximum absolute atomic E-state index is 13.0. The van der Waals surface area contributed by atoms with Crippen molar-refractivity contribution in [2.45, 2.75) is 19.4 Å². The third kappa shape index (κ3) is 4.03. The summed E-state index contributed by atoms with van der Waals surface area (Å²) in [5, 5.41) is 11.9. The Labute approximate surface area is 99.4 Å². The quantitative estimate of drug-likeness (QED) is 0.819. The molecule has 17 heavy (non-hydrogen) atoms. The molecule has 0 aliphatic heterocycles. The number of nitrogens with one attached hydrogen (secondary N) is 1. The average molecular weight is 241 g/mol. The predicted molar refractivity (Wildman–Crippen MR) is 61.2 cm³/mol. The molecule has 0 aliphatic rings. The van der Waals surface area contributed by atoms with E-state index in [1.54, 1.807) is 6.92 Å². The minimum Gasteiger partial charge on any atom is -0.493 e. The fraction of sp³-hybridized carbons (Fsp3) is 0.417. The van der Waals surface area contributed by atoms with Crippen LogP contribution in [0.5, 0.6) is 5.75 Å². The molecule has 0 radical (unpaired) electrons. The first-order valence-corrected chi connectivity index (χ1v) is 5.35. The molecule has 1 atom stereocenters. The number of hydrogen-bond donors (Lipinski definition) is 2. The van der Waals surface area contributed by atoms with Crippen LogP contribution in [-0.4, -0.2) is 24.7 Å². The minimum atomic E-state index is -0.745. The van der Waals surface area contributed by atoms with Crippen LogP contribution in [0, 0.1) is 5.82 Å². The molecule has 0 aromatic heterocycles. The van der Waals surface area contributed by atoms with E-state index in [1.807, 2.05) is 0 Å². The Morgan fingerprint density at radius 2 is 2.29 bits per heavy atom. The molecule has 0 fully saturated rings. The summed E-state index contributed by atoms with van der Waals surface area (Å²) >= 11 is 0. The molecule has 0 spiro atoms. The van der Waals surface area contributed by atoms with E-state index in [4.69, 9.17) is 4.74 Å². The number of benzene rings is 1. The number of aliphatic hydroxyl groups is 1. The standard InChI is InChI=1S/C12H16FNO3/c1-8(15)10-4-3-9(13)7-11(10)17-6-5-12(16)14-2/h3-4,7-8,15H,5-6H2,1-2H3,(H,14,16)/t8-/m0/s1. The van der Waals surface area contributed by atoms with Crippen LogP contribution in [0.3, 0.4) is 0 Å². The van der Waals surface area contributed by atoms with Gasteiger partial charge in [-0.1, -0.05) is 0 Å². The van der Waals surface area contributed by atoms with Crippen LogP contribution < -0.4 is 10.1 Å². The summed E-state index contributed by atoms with van der Waals surface area (Å²) in [6.45, 7) is 1.71. The molecule has 0 saturated heterocycles. The Bertz CT molecular complexity index is 393. The average Bonchev–Trinajstić information content (AvgIpc) is 2.28. The van der Waals surface area contributed by atoms with Gasteiger partial charge in [0.05, 0.1) is 19.1 Å². The van der Waals surface area contributed by atoms with Gasteiger partial charge in [-0.05, 0) is 19.1 Å². The van der Waals surface area contributed by atoms with Crippen molar-refractivity contribution in [3.8, 4) is 5.75 Å². The maximum atomic E-state index is 13.0. The molecule has 0 unspecified atom stereocenters. The van der Waals surface area contributed by atoms with Crippen LogP contribution in [0.4, 0.5) is 4.39 Å². The van der Waals surface area contributed by atoms with Crippen molar-refractivity contribution in [3.05, 3.63) is 29.6 Å². The van der Waals surface area contributed by atoms with Gasteiger partial charge in [-0.15, -0.1) is 0 Å². The summed E-state index contributed by atoms with van der Waals surface area (Å²) in [6, 6.07) is 3.93. The highest BCUT2D eigenvalue weighted by molar-refractivity contribution is 5.75. The van der Waals surface area contributed by atoms with Crippen molar-refractivity contribution in [3.63, 3.8) is 0 Å². The van der Waals surface area contributed by atoms with E-state index in [-0.39, 0.29) is 24.7 Å². The van der Waals surface area contributed by atoms with Crippen LogP contribution >= 0.6 is 0 Å². The Morgan fingerprint density at radius 1 is 1.59 bits per heavy atom. The topological polar surface area (TPSA) is 58.6 Å². The van der Waals surface area contributed by atoms with Gasteiger partial charge in [0, 0.05) is 18.7 Å². The first-order chi connectivity index (χ1) is 8.04. The highest BCUT2D eigenvalue weighted by atomic mass is 19.1. The van der Waals surface area contributed by atoms with Gasteiger partial charge in [0.15, 0.2) is 0 Å². The summed E-state index contributed by atoms with van der Waals surface area (Å²) in [6.07, 6.45) is -0.558. The second-order valence-corrected chi connectivity index (χ2v) is 3.63. The van der Waals surface area contributed by atoms with Crippen LogP contribution in [-0.2, 0) is 4.79 Å². The molecule has 0 bridgehead atoms. The molecule has 5 heteroatoms. The Hall–Kier alpha value is -1.62. The molecule has 2 N–H and O–H groups in total. The lowest BCUT2D eigenvalue weighted by molar-refractivity contribution is -0.121. The molecule has 1 amide bonds. The summed E-state index contributed by atoms with van der Waals surface area (Å²) in [5.41, 5.74) is 0.503. The second-order valence-electron chi connectivity index (χ2n) is 3.63. The summed E-state index contributed by atoms with van der Waals surface area (Å²) in [5.74, 6) is -0.326. The maximum Gasteiger partial charge on any atom is 0.223 e. The zero-order valence-corrected chi connectivity index (χ0v) is 9.87. The molecular weight excluding hydrogens is 225 g/mol. The Balaban J connectivity index is 2.68. The first kappa shape index (κ1) is 13.4. The van der Waals surface area contributed by atoms with Gasteiger partial charge >= 0.3 is 0 Å². The van der Waals surface area contributed by atoms with Crippen LogP contribution in [0.1, 0.15) is 25.0 Å². The zero-order valence-electron chi connectivity index (χ0n) is 9.87. The van der Waals surface area contributed by atoms with E-state index in [9.17, 15) is 14.3 Å². The van der Waals surface area contributed by atoms with Crippen molar-refractivity contribution in [2.24, 2.45) is 0 Å². The van der Waals surface area contributed by atoms with E-state index in [2.05, 4.69) is 5.32 Å². The second kappa shape index (κ2) is 6.20. The van der Waals surface area contributed by atoms with E-state index < -0.39 is 11.9 Å². The van der Waals surface area contributed by atoms with Gasteiger partial charge < -0.3 is 15.2 Å². The zero-order chi connectivity index (χ0) is 12.8. The molecule has 4 nitrogen and oxygen atoms in total. The number of amides is 1. The van der Waals surface area contributed by atoms with Gasteiger partial charge in [-0.25, -0.2) is 4.39 Å². The van der Waals surface area contributed by atoms with E-state index >= 15 is 0 Å². The fourth-order valence-corrected chi connectivity index (χ4v) is 1.36. The van der Waals surface area contributed by atoms with Crippen molar-refractivity contribution in [1.29, 1.82) is 0 Å². The molecule has 0 aliphatic carbocycles. The van der Waals surface area contributed by atoms with Gasteiger partial charge in [-0.2, -0.15) is 0 Å². The van der Waals surface area contributed by atoms with Gasteiger partial charge in [-0.3, -0.25) is 4.79 Å². The molecule has 0 heterocycles. The van der Waals surface area contributed by atoms with Crippen molar-refractivity contribution >= 4 is 5.91 Å². The molecule has 0 saturated carbocycles. The van der Waals surface area contributed by atoms with Crippen LogP contribution in [0.15, 0.2) is 18.2 Å². The number of hydrogen-bond acceptors (Lipinski definition) is 3. The number of carbonyl (C=O) groups is 1. The summed E-state index contributed by atoms with van der Waals surface area (Å²) in [7, 11) is 1.53. The normalized spacial score (nSPS) is 12.0. The van der Waals surface area contributed by atoms with Crippen molar-refractivity contribution in [2.75, 3.05) is 13.7 Å². The lowest BCUT2D eigenvalue weighted by atomic mass is 10.1. The minimum absolute atomic E-state index is 0.142. The van der Waals surface area contributed by atoms with E-state index in [1.165, 1.54) is 25.2 Å². The number of carbonyl (C=O) groups excluding carboxylic acids is 1. The molecule has 1 aromatic rings. The Morgan fingerprint density at radius 3 is 2.88 bits per heavy atom. The fourth-order valence-electron chi connectivity index (χ4n) is 1.36. The first-order valence-electron chi connectivity index (χ1n) is 5.35. The third-order valence-corrected chi connectivity index (χ3v) is 2.29. The Kier molecular flexibility index (Phi) is 4.90. The van der Waals surface area contributed by atoms with E-state index in [0.717, 1.165) is 0 Å². The lowest BCUT2D eigenvalue weighted by Gasteiger charge is -2.13.